The molecule has 0 bridgehead atoms. The third-order valence-electron chi connectivity index (χ3n) is 4.12. The maximum Gasteiger partial charge on any atom is 0.335 e. The number of nitrogens with zero attached hydrogens (tertiary/aromatic N) is 1. The first-order valence-electron chi connectivity index (χ1n) is 9.21. The number of hydrogen-bond acceptors (Lipinski definition) is 6. The second kappa shape index (κ2) is 11.8. The van der Waals surface area contributed by atoms with Gasteiger partial charge in [0.15, 0.2) is 0 Å². The molecule has 11 nitrogen and oxygen atoms in total. The molecule has 0 radical (unpaired) electrons. The molecule has 0 fully saturated rings. The van der Waals surface area contributed by atoms with Crippen LogP contribution in [0.15, 0.2) is 41.4 Å². The van der Waals surface area contributed by atoms with E-state index in [2.05, 4.69) is 21.1 Å². The summed E-state index contributed by atoms with van der Waals surface area (Å²) < 4.78 is 0. The minimum absolute atomic E-state index is 0.0739. The molecule has 2 amide bonds. The zero-order valence-corrected chi connectivity index (χ0v) is 18.4. The van der Waals surface area contributed by atoms with Crippen LogP contribution >= 0.6 is 23.2 Å². The summed E-state index contributed by atoms with van der Waals surface area (Å²) in [6.45, 7) is -0.556. The summed E-state index contributed by atoms with van der Waals surface area (Å²) in [7, 11) is 0. The number of halogens is 2. The quantitative estimate of drug-likeness (QED) is 0.123. The smallest absolute Gasteiger partial charge is 0.335 e. The van der Waals surface area contributed by atoms with Crippen LogP contribution in [0.2, 0.25) is 10.0 Å². The van der Waals surface area contributed by atoms with E-state index in [-0.39, 0.29) is 23.2 Å². The van der Waals surface area contributed by atoms with Crippen LogP contribution in [0.5, 0.6) is 0 Å². The highest BCUT2D eigenvalue weighted by atomic mass is 35.5. The number of carboxylic acid groups (broad SMARTS) is 2. The van der Waals surface area contributed by atoms with Gasteiger partial charge in [-0.3, -0.25) is 9.59 Å². The highest BCUT2D eigenvalue weighted by Gasteiger charge is 2.21. The number of nitrogens with one attached hydrogen (secondary N) is 3. The van der Waals surface area contributed by atoms with Gasteiger partial charge < -0.3 is 26.3 Å². The molecule has 0 aliphatic carbocycles. The van der Waals surface area contributed by atoms with Crippen molar-refractivity contribution in [1.82, 2.24) is 16.1 Å². The van der Waals surface area contributed by atoms with Gasteiger partial charge in [0.05, 0.1) is 17.8 Å². The number of aliphatic carboxylic acids is 1. The van der Waals surface area contributed by atoms with Gasteiger partial charge in [-0.05, 0) is 42.0 Å². The highest BCUT2D eigenvalue weighted by molar-refractivity contribution is 6.34. The molecule has 1 atom stereocenters. The molecule has 2 aromatic carbocycles. The van der Waals surface area contributed by atoms with Crippen molar-refractivity contribution in [2.45, 2.75) is 12.5 Å². The fourth-order valence-electron chi connectivity index (χ4n) is 2.72. The van der Waals surface area contributed by atoms with E-state index in [1.807, 2.05) is 0 Å². The standard InChI is InChI=1S/C20H19Cl2N5O6/c21-13-1-10(2-14(22)7-13)3-16(20(32)33)27-17(28)8-24-18(29)11-4-12(19(30)31)6-15(5-11)25-9-26-23/h1-2,4-7,9,16H,3,8,23H2,(H,24,29)(H,25,26)(H,27,28)(H,30,31)(H,32,33). The summed E-state index contributed by atoms with van der Waals surface area (Å²) in [5.41, 5.74) is 2.50. The van der Waals surface area contributed by atoms with Crippen molar-refractivity contribution in [3.05, 3.63) is 63.1 Å². The van der Waals surface area contributed by atoms with Crippen LogP contribution in [-0.4, -0.2) is 52.9 Å². The van der Waals surface area contributed by atoms with Crippen molar-refractivity contribution >= 4 is 59.0 Å². The third kappa shape index (κ3) is 8.07. The maximum atomic E-state index is 12.4. The lowest BCUT2D eigenvalue weighted by molar-refractivity contribution is -0.141. The number of hydrazine groups is 1. The molecular weight excluding hydrogens is 477 g/mol. The van der Waals surface area contributed by atoms with E-state index in [4.69, 9.17) is 29.0 Å². The second-order valence-electron chi connectivity index (χ2n) is 6.62. The van der Waals surface area contributed by atoms with Crippen LogP contribution in [0.3, 0.4) is 0 Å². The average molecular weight is 496 g/mol. The Morgan fingerprint density at radius 1 is 1.00 bits per heavy atom. The largest absolute Gasteiger partial charge is 0.480 e. The van der Waals surface area contributed by atoms with E-state index in [1.54, 1.807) is 0 Å². The van der Waals surface area contributed by atoms with Crippen LogP contribution in [0.1, 0.15) is 26.3 Å². The van der Waals surface area contributed by atoms with Crippen molar-refractivity contribution in [2.24, 2.45) is 10.8 Å². The van der Waals surface area contributed by atoms with Crippen LogP contribution < -0.4 is 21.9 Å². The number of carbonyl (C=O) groups is 4. The number of rotatable bonds is 10. The minimum Gasteiger partial charge on any atom is -0.480 e. The summed E-state index contributed by atoms with van der Waals surface area (Å²) in [6, 6.07) is 6.84. The summed E-state index contributed by atoms with van der Waals surface area (Å²) in [5.74, 6) is 0.961. The summed E-state index contributed by atoms with van der Waals surface area (Å²) in [4.78, 5) is 51.3. The number of nitrogens with two attached hydrogens (primary N) is 1. The van der Waals surface area contributed by atoms with E-state index >= 15 is 0 Å². The SMILES string of the molecule is NNC=Nc1cc(C(=O)O)cc(C(=O)NCC(=O)NC(Cc2cc(Cl)cc(Cl)c2)C(=O)O)c1. The molecule has 7 N–H and O–H groups in total. The van der Waals surface area contributed by atoms with Crippen LogP contribution in [0.25, 0.3) is 0 Å². The number of aliphatic imine (C=N–C) groups is 1. The summed E-state index contributed by atoms with van der Waals surface area (Å²) >= 11 is 11.8. The lowest BCUT2D eigenvalue weighted by atomic mass is 10.1. The van der Waals surface area contributed by atoms with Gasteiger partial charge in [-0.1, -0.05) is 23.2 Å². The average Bonchev–Trinajstić information content (AvgIpc) is 2.74. The fraction of sp³-hybridized carbons (Fsp3) is 0.150. The molecule has 1 unspecified atom stereocenters. The highest BCUT2D eigenvalue weighted by Crippen LogP contribution is 2.20. The van der Waals surface area contributed by atoms with Gasteiger partial charge in [0.25, 0.3) is 5.91 Å². The Hall–Kier alpha value is -3.67. The van der Waals surface area contributed by atoms with Gasteiger partial charge in [-0.25, -0.2) is 20.4 Å². The molecule has 0 aliphatic heterocycles. The number of carbonyl (C=O) groups excluding carboxylic acids is 2. The zero-order valence-electron chi connectivity index (χ0n) is 16.8. The molecule has 13 heteroatoms. The molecule has 0 aromatic heterocycles. The van der Waals surface area contributed by atoms with E-state index in [1.165, 1.54) is 30.3 Å². The molecule has 0 saturated heterocycles. The van der Waals surface area contributed by atoms with Crippen LogP contribution in [0.4, 0.5) is 5.69 Å². The van der Waals surface area contributed by atoms with Crippen molar-refractivity contribution in [1.29, 1.82) is 0 Å². The Morgan fingerprint density at radius 2 is 1.64 bits per heavy atom. The maximum absolute atomic E-state index is 12.4. The molecule has 0 aliphatic rings. The molecular formula is C20H19Cl2N5O6. The first-order chi connectivity index (χ1) is 15.6. The summed E-state index contributed by atoms with van der Waals surface area (Å²) in [6.07, 6.45) is 1.00. The fourth-order valence-corrected chi connectivity index (χ4v) is 3.30. The van der Waals surface area contributed by atoms with E-state index in [0.29, 0.717) is 15.6 Å². The lowest BCUT2D eigenvalue weighted by Crippen LogP contribution is -2.46. The minimum atomic E-state index is -1.30. The molecule has 174 valence electrons. The molecule has 2 rings (SSSR count). The Labute approximate surface area is 197 Å². The second-order valence-corrected chi connectivity index (χ2v) is 7.49. The lowest BCUT2D eigenvalue weighted by Gasteiger charge is -2.15. The third-order valence-corrected chi connectivity index (χ3v) is 4.56. The monoisotopic (exact) mass is 495 g/mol. The predicted octanol–water partition coefficient (Wildman–Crippen LogP) is 1.36. The normalized spacial score (nSPS) is 11.6. The van der Waals surface area contributed by atoms with Crippen LogP contribution in [-0.2, 0) is 16.0 Å². The van der Waals surface area contributed by atoms with Gasteiger partial charge in [0.2, 0.25) is 5.91 Å². The summed E-state index contributed by atoms with van der Waals surface area (Å²) in [5, 5.41) is 23.8. The van der Waals surface area contributed by atoms with Crippen molar-refractivity contribution in [3.63, 3.8) is 0 Å². The Bertz CT molecular complexity index is 1090. The number of carboxylic acids is 2. The van der Waals surface area contributed by atoms with Gasteiger partial charge in [-0.2, -0.15) is 0 Å². The zero-order chi connectivity index (χ0) is 24.5. The number of benzene rings is 2. The Balaban J connectivity index is 2.05. The topological polar surface area (TPSA) is 183 Å². The Kier molecular flexibility index (Phi) is 9.16. The van der Waals surface area contributed by atoms with E-state index < -0.39 is 36.3 Å². The van der Waals surface area contributed by atoms with Gasteiger partial charge in [0.1, 0.15) is 12.4 Å². The van der Waals surface area contributed by atoms with Crippen molar-refractivity contribution < 1.29 is 29.4 Å². The molecule has 0 saturated carbocycles. The molecule has 0 heterocycles. The first-order valence-corrected chi connectivity index (χ1v) is 9.97. The van der Waals surface area contributed by atoms with Gasteiger partial charge in [0, 0.05) is 22.0 Å². The van der Waals surface area contributed by atoms with Gasteiger partial charge in [-0.15, -0.1) is 0 Å². The van der Waals surface area contributed by atoms with Crippen molar-refractivity contribution in [3.8, 4) is 0 Å². The predicted molar refractivity (Wildman–Crippen MR) is 121 cm³/mol. The molecule has 2 aromatic rings. The molecule has 33 heavy (non-hydrogen) atoms. The van der Waals surface area contributed by atoms with E-state index in [9.17, 15) is 29.4 Å². The van der Waals surface area contributed by atoms with Crippen molar-refractivity contribution in [2.75, 3.05) is 6.54 Å². The number of aromatic carboxylic acids is 1. The Morgan fingerprint density at radius 3 is 2.21 bits per heavy atom. The first kappa shape index (κ1) is 25.6. The molecule has 0 spiro atoms. The number of amides is 2. The van der Waals surface area contributed by atoms with E-state index in [0.717, 1.165) is 12.4 Å². The van der Waals surface area contributed by atoms with Crippen LogP contribution in [0, 0.1) is 0 Å². The number of hydrogen-bond donors (Lipinski definition) is 6. The van der Waals surface area contributed by atoms with Gasteiger partial charge >= 0.3 is 11.9 Å².